The summed E-state index contributed by atoms with van der Waals surface area (Å²) in [6.45, 7) is 1.75. The van der Waals surface area contributed by atoms with E-state index in [1.807, 2.05) is 0 Å². The molecule has 3 aromatic heterocycles. The quantitative estimate of drug-likeness (QED) is 0.446. The Hall–Kier alpha value is -3.46. The first-order valence-electron chi connectivity index (χ1n) is 10.2. The highest BCUT2D eigenvalue weighted by Gasteiger charge is 2.32. The van der Waals surface area contributed by atoms with Crippen LogP contribution >= 0.6 is 11.6 Å². The summed E-state index contributed by atoms with van der Waals surface area (Å²) in [5.41, 5.74) is -0.278. The fraction of sp³-hybridized carbons (Fsp3) is 0.273. The Morgan fingerprint density at radius 1 is 1.32 bits per heavy atom. The topological polar surface area (TPSA) is 108 Å². The van der Waals surface area contributed by atoms with Gasteiger partial charge < -0.3 is 15.2 Å². The van der Waals surface area contributed by atoms with Gasteiger partial charge in [-0.25, -0.2) is 18.2 Å². The van der Waals surface area contributed by atoms with Crippen molar-refractivity contribution in [3.8, 4) is 17.2 Å². The number of pyridine rings is 1. The van der Waals surface area contributed by atoms with Crippen LogP contribution in [0.1, 0.15) is 23.4 Å². The number of aliphatic hydroxyl groups excluding tert-OH is 1. The first-order chi connectivity index (χ1) is 16.3. The third-order valence-corrected chi connectivity index (χ3v) is 5.93. The number of hydrogen-bond acceptors (Lipinski definition) is 7. The summed E-state index contributed by atoms with van der Waals surface area (Å²) >= 11 is 6.08. The van der Waals surface area contributed by atoms with Crippen LogP contribution < -0.4 is 5.32 Å². The minimum Gasteiger partial charge on any atom is -0.388 e. The van der Waals surface area contributed by atoms with E-state index in [1.165, 1.54) is 0 Å². The lowest BCUT2D eigenvalue weighted by Crippen LogP contribution is -2.33. The Morgan fingerprint density at radius 2 is 2.12 bits per heavy atom. The van der Waals surface area contributed by atoms with Gasteiger partial charge in [0.1, 0.15) is 29.0 Å². The van der Waals surface area contributed by atoms with Crippen LogP contribution in [0.4, 0.5) is 19.0 Å². The SMILES string of the molecule is Cc1nc2c(C#N)c(C(F)F)nn2c(N[C@@H]2COC[C@@H]2O)c1-c1c(F)cnc2cc(Cl)ccc12. The van der Waals surface area contributed by atoms with Gasteiger partial charge in [0.15, 0.2) is 5.65 Å². The summed E-state index contributed by atoms with van der Waals surface area (Å²) in [4.78, 5) is 8.44. The molecule has 12 heteroatoms. The Labute approximate surface area is 195 Å². The maximum atomic E-state index is 15.3. The number of nitriles is 1. The molecule has 1 aromatic carbocycles. The summed E-state index contributed by atoms with van der Waals surface area (Å²) in [5.74, 6) is -0.603. The van der Waals surface area contributed by atoms with Gasteiger partial charge in [-0.1, -0.05) is 17.7 Å². The summed E-state index contributed by atoms with van der Waals surface area (Å²) < 4.78 is 49.0. The number of anilines is 1. The molecule has 0 bridgehead atoms. The fourth-order valence-electron chi connectivity index (χ4n) is 4.12. The first kappa shape index (κ1) is 22.3. The standard InChI is InChI=1S/C22H16ClF3N6O2/c1-9-17(18-11-3-2-10(23)4-14(11)28-6-13(18)24)22(30-15-7-34-8-16(15)33)32-21(29-9)12(5-27)19(31-32)20(25)26/h2-4,6,15-16,20,30,33H,7-8H2,1H3/t15-,16+/m1/s1. The van der Waals surface area contributed by atoms with Gasteiger partial charge in [0, 0.05) is 21.5 Å². The summed E-state index contributed by atoms with van der Waals surface area (Å²) in [6, 6.07) is 5.84. The normalized spacial score (nSPS) is 18.2. The molecule has 5 rings (SSSR count). The van der Waals surface area contributed by atoms with Gasteiger partial charge in [0.25, 0.3) is 6.43 Å². The highest BCUT2D eigenvalue weighted by Crippen LogP contribution is 2.39. The zero-order valence-electron chi connectivity index (χ0n) is 17.6. The minimum atomic E-state index is -3.03. The van der Waals surface area contributed by atoms with E-state index >= 15 is 4.39 Å². The van der Waals surface area contributed by atoms with Gasteiger partial charge in [-0.05, 0) is 19.1 Å². The maximum Gasteiger partial charge on any atom is 0.283 e. The number of nitrogens with one attached hydrogen (secondary N) is 1. The van der Waals surface area contributed by atoms with Crippen LogP contribution in [0.25, 0.3) is 27.7 Å². The number of rotatable bonds is 4. The van der Waals surface area contributed by atoms with Crippen molar-refractivity contribution in [2.75, 3.05) is 18.5 Å². The molecule has 34 heavy (non-hydrogen) atoms. The largest absolute Gasteiger partial charge is 0.388 e. The Kier molecular flexibility index (Phi) is 5.51. The smallest absolute Gasteiger partial charge is 0.283 e. The molecule has 4 aromatic rings. The molecule has 0 spiro atoms. The lowest BCUT2D eigenvalue weighted by molar-refractivity contribution is 0.125. The predicted octanol–water partition coefficient (Wildman–Crippen LogP) is 4.03. The van der Waals surface area contributed by atoms with E-state index in [4.69, 9.17) is 16.3 Å². The van der Waals surface area contributed by atoms with Gasteiger partial charge in [-0.15, -0.1) is 0 Å². The third kappa shape index (κ3) is 3.51. The van der Waals surface area contributed by atoms with Gasteiger partial charge in [-0.2, -0.15) is 14.9 Å². The third-order valence-electron chi connectivity index (χ3n) is 5.70. The molecule has 1 saturated heterocycles. The average molecular weight is 489 g/mol. The zero-order valence-corrected chi connectivity index (χ0v) is 18.3. The van der Waals surface area contributed by atoms with E-state index in [9.17, 15) is 19.1 Å². The van der Waals surface area contributed by atoms with Crippen molar-refractivity contribution >= 4 is 34.0 Å². The van der Waals surface area contributed by atoms with Gasteiger partial charge in [0.2, 0.25) is 0 Å². The van der Waals surface area contributed by atoms with Crippen LogP contribution in [0.15, 0.2) is 24.4 Å². The van der Waals surface area contributed by atoms with Gasteiger partial charge >= 0.3 is 0 Å². The van der Waals surface area contributed by atoms with E-state index in [0.29, 0.717) is 15.9 Å². The van der Waals surface area contributed by atoms with Gasteiger partial charge in [-0.3, -0.25) is 4.98 Å². The molecule has 1 aliphatic rings. The lowest BCUT2D eigenvalue weighted by Gasteiger charge is -2.22. The number of aromatic nitrogens is 4. The fourth-order valence-corrected chi connectivity index (χ4v) is 4.29. The number of benzene rings is 1. The molecular formula is C22H16ClF3N6O2. The molecule has 2 atom stereocenters. The van der Waals surface area contributed by atoms with Crippen molar-refractivity contribution in [3.63, 3.8) is 0 Å². The lowest BCUT2D eigenvalue weighted by atomic mass is 9.99. The van der Waals surface area contributed by atoms with E-state index in [-0.39, 0.29) is 47.1 Å². The molecule has 4 heterocycles. The molecule has 0 amide bonds. The number of ether oxygens (including phenoxy) is 1. The van der Waals surface area contributed by atoms with Crippen molar-refractivity contribution in [3.05, 3.63) is 52.2 Å². The molecule has 1 fully saturated rings. The van der Waals surface area contributed by atoms with Crippen LogP contribution in [0.3, 0.4) is 0 Å². The minimum absolute atomic E-state index is 0.0656. The molecule has 2 N–H and O–H groups in total. The monoisotopic (exact) mass is 488 g/mol. The highest BCUT2D eigenvalue weighted by atomic mass is 35.5. The molecule has 8 nitrogen and oxygen atoms in total. The summed E-state index contributed by atoms with van der Waals surface area (Å²) in [6.07, 6.45) is -2.91. The summed E-state index contributed by atoms with van der Waals surface area (Å²) in [7, 11) is 0. The molecule has 0 radical (unpaired) electrons. The van der Waals surface area contributed by atoms with Crippen molar-refractivity contribution in [2.45, 2.75) is 25.5 Å². The number of aliphatic hydroxyl groups is 1. The molecule has 1 aliphatic heterocycles. The van der Waals surface area contributed by atoms with Crippen molar-refractivity contribution < 1.29 is 23.0 Å². The van der Waals surface area contributed by atoms with Crippen molar-refractivity contribution in [1.82, 2.24) is 19.6 Å². The Bertz CT molecular complexity index is 1490. The molecule has 0 aliphatic carbocycles. The number of alkyl halides is 2. The molecule has 0 unspecified atom stereocenters. The second kappa shape index (κ2) is 8.39. The number of halogens is 4. The second-order valence-electron chi connectivity index (χ2n) is 7.83. The second-order valence-corrected chi connectivity index (χ2v) is 8.26. The first-order valence-corrected chi connectivity index (χ1v) is 10.6. The van der Waals surface area contributed by atoms with Crippen molar-refractivity contribution in [1.29, 1.82) is 5.26 Å². The van der Waals surface area contributed by atoms with Crippen LogP contribution in [0.5, 0.6) is 0 Å². The van der Waals surface area contributed by atoms with Crippen molar-refractivity contribution in [2.24, 2.45) is 0 Å². The number of aryl methyl sites for hydroxylation is 1. The maximum absolute atomic E-state index is 15.3. The molecular weight excluding hydrogens is 473 g/mol. The van der Waals surface area contributed by atoms with Gasteiger partial charge in [0.05, 0.1) is 42.8 Å². The van der Waals surface area contributed by atoms with E-state index < -0.39 is 30.1 Å². The van der Waals surface area contributed by atoms with Crippen LogP contribution in [0.2, 0.25) is 5.02 Å². The van der Waals surface area contributed by atoms with Crippen LogP contribution in [0, 0.1) is 24.1 Å². The summed E-state index contributed by atoms with van der Waals surface area (Å²) in [5, 5.41) is 27.6. The van der Waals surface area contributed by atoms with E-state index in [1.54, 1.807) is 31.2 Å². The van der Waals surface area contributed by atoms with Crippen LogP contribution in [-0.2, 0) is 4.74 Å². The number of fused-ring (bicyclic) bond motifs is 2. The average Bonchev–Trinajstić information content (AvgIpc) is 3.37. The van der Waals surface area contributed by atoms with E-state index in [0.717, 1.165) is 10.7 Å². The zero-order chi connectivity index (χ0) is 24.1. The molecule has 0 saturated carbocycles. The van der Waals surface area contributed by atoms with E-state index in [2.05, 4.69) is 20.4 Å². The highest BCUT2D eigenvalue weighted by molar-refractivity contribution is 6.31. The van der Waals surface area contributed by atoms with Crippen LogP contribution in [-0.4, -0.2) is 50.0 Å². The Morgan fingerprint density at radius 3 is 2.79 bits per heavy atom. The Balaban J connectivity index is 1.88. The molecule has 174 valence electrons. The number of nitrogens with zero attached hydrogens (tertiary/aromatic N) is 5. The number of hydrogen-bond donors (Lipinski definition) is 2. The predicted molar refractivity (Wildman–Crippen MR) is 117 cm³/mol.